The third-order valence-electron chi connectivity index (χ3n) is 5.73. The topological polar surface area (TPSA) is 149 Å². The molecule has 4 aromatic rings. The van der Waals surface area contributed by atoms with Crippen LogP contribution in [-0.4, -0.2) is 39.3 Å². The van der Waals surface area contributed by atoms with Gasteiger partial charge in [0, 0.05) is 24.2 Å². The number of carbonyl (C=O) groups is 3. The highest BCUT2D eigenvalue weighted by molar-refractivity contribution is 6.05. The van der Waals surface area contributed by atoms with Gasteiger partial charge in [0.1, 0.15) is 5.69 Å². The van der Waals surface area contributed by atoms with Crippen LogP contribution in [-0.2, 0) is 13.1 Å². The number of hydrogen-bond acceptors (Lipinski definition) is 5. The molecule has 3 amide bonds. The molecule has 4 N–H and O–H groups in total. The second kappa shape index (κ2) is 11.0. The number of carbonyl (C=O) groups excluding carboxylic acids is 2. The second-order valence-corrected chi connectivity index (χ2v) is 8.30. The maximum absolute atomic E-state index is 13.1. The molecule has 0 aliphatic rings. The molecule has 0 aliphatic heterocycles. The van der Waals surface area contributed by atoms with Gasteiger partial charge in [-0.25, -0.2) is 9.59 Å². The lowest BCUT2D eigenvalue weighted by Gasteiger charge is -2.12. The Kier molecular flexibility index (Phi) is 7.45. The molecule has 3 aromatic carbocycles. The van der Waals surface area contributed by atoms with E-state index in [4.69, 9.17) is 10.4 Å². The second-order valence-electron chi connectivity index (χ2n) is 8.30. The van der Waals surface area contributed by atoms with Crippen LogP contribution < -0.4 is 16.0 Å². The number of nitrogens with zero attached hydrogens (tertiary/aromatic N) is 3. The van der Waals surface area contributed by atoms with Crippen molar-refractivity contribution < 1.29 is 19.5 Å². The van der Waals surface area contributed by atoms with Crippen LogP contribution in [0, 0.1) is 18.3 Å². The van der Waals surface area contributed by atoms with E-state index in [1.165, 1.54) is 12.1 Å². The van der Waals surface area contributed by atoms with Gasteiger partial charge in [0.15, 0.2) is 0 Å². The first-order chi connectivity index (χ1) is 17.9. The molecule has 0 bridgehead atoms. The number of anilines is 1. The number of amides is 3. The number of carboxylic acids is 1. The van der Waals surface area contributed by atoms with Gasteiger partial charge in [0.25, 0.3) is 5.91 Å². The number of benzene rings is 3. The average molecular weight is 497 g/mol. The van der Waals surface area contributed by atoms with E-state index < -0.39 is 12.0 Å². The van der Waals surface area contributed by atoms with Gasteiger partial charge in [-0.15, -0.1) is 0 Å². The minimum Gasteiger partial charge on any atom is -0.478 e. The van der Waals surface area contributed by atoms with Crippen molar-refractivity contribution in [1.82, 2.24) is 20.4 Å². The molecular weight excluding hydrogens is 472 g/mol. The van der Waals surface area contributed by atoms with Gasteiger partial charge in [0.05, 0.1) is 29.3 Å². The van der Waals surface area contributed by atoms with Gasteiger partial charge in [-0.2, -0.15) is 10.4 Å². The van der Waals surface area contributed by atoms with Crippen LogP contribution in [0.15, 0.2) is 66.7 Å². The summed E-state index contributed by atoms with van der Waals surface area (Å²) in [5.41, 5.74) is 3.81. The van der Waals surface area contributed by atoms with Crippen LogP contribution >= 0.6 is 0 Å². The molecule has 0 spiro atoms. The third kappa shape index (κ3) is 5.91. The number of carboxylic acid groups (broad SMARTS) is 1. The fraction of sp³-hybridized carbons (Fsp3) is 0.148. The largest absolute Gasteiger partial charge is 0.478 e. The molecule has 0 unspecified atom stereocenters. The van der Waals surface area contributed by atoms with Crippen molar-refractivity contribution in [3.8, 4) is 6.07 Å². The summed E-state index contributed by atoms with van der Waals surface area (Å²) in [6.45, 7) is 2.48. The van der Waals surface area contributed by atoms with E-state index in [1.54, 1.807) is 48.0 Å². The Balaban J connectivity index is 1.41. The molecule has 0 fully saturated rings. The first-order valence-corrected chi connectivity index (χ1v) is 11.5. The zero-order chi connectivity index (χ0) is 26.4. The summed E-state index contributed by atoms with van der Waals surface area (Å²) in [5, 5.41) is 31.6. The molecular formula is C27H24N6O4. The Morgan fingerprint density at radius 1 is 1.03 bits per heavy atom. The lowest BCUT2D eigenvalue weighted by molar-refractivity contribution is 0.0696. The number of nitrogens with one attached hydrogen (secondary N) is 3. The summed E-state index contributed by atoms with van der Waals surface area (Å²) in [6.07, 6.45) is 0. The van der Waals surface area contributed by atoms with Gasteiger partial charge in [-0.05, 0) is 54.4 Å². The first kappa shape index (κ1) is 24.9. The molecule has 0 radical (unpaired) electrons. The molecule has 10 nitrogen and oxygen atoms in total. The van der Waals surface area contributed by atoms with Crippen LogP contribution in [0.3, 0.4) is 0 Å². The summed E-state index contributed by atoms with van der Waals surface area (Å²) < 4.78 is 1.56. The van der Waals surface area contributed by atoms with Crippen molar-refractivity contribution in [2.24, 2.45) is 0 Å². The lowest BCUT2D eigenvalue weighted by atomic mass is 10.1. The summed E-state index contributed by atoms with van der Waals surface area (Å²) in [6, 6.07) is 20.2. The van der Waals surface area contributed by atoms with Crippen molar-refractivity contribution in [1.29, 1.82) is 5.26 Å². The van der Waals surface area contributed by atoms with Gasteiger partial charge in [-0.1, -0.05) is 30.3 Å². The van der Waals surface area contributed by atoms with Gasteiger partial charge in [0.2, 0.25) is 0 Å². The molecule has 10 heteroatoms. The number of nitriles is 1. The van der Waals surface area contributed by atoms with Crippen LogP contribution in [0.4, 0.5) is 10.5 Å². The number of aromatic carboxylic acids is 1. The maximum atomic E-state index is 13.1. The zero-order valence-electron chi connectivity index (χ0n) is 20.0. The number of aromatic nitrogens is 2. The van der Waals surface area contributed by atoms with E-state index in [0.717, 1.165) is 11.1 Å². The smallest absolute Gasteiger partial charge is 0.335 e. The Morgan fingerprint density at radius 2 is 1.78 bits per heavy atom. The summed E-state index contributed by atoms with van der Waals surface area (Å²) in [5.74, 6) is -1.35. The number of aryl methyl sites for hydroxylation is 1. The molecule has 4 rings (SSSR count). The van der Waals surface area contributed by atoms with E-state index in [1.807, 2.05) is 18.2 Å². The van der Waals surface area contributed by atoms with Crippen LogP contribution in [0.5, 0.6) is 0 Å². The summed E-state index contributed by atoms with van der Waals surface area (Å²) in [7, 11) is 0. The molecule has 0 atom stereocenters. The highest BCUT2D eigenvalue weighted by Crippen LogP contribution is 2.19. The molecule has 0 aliphatic carbocycles. The summed E-state index contributed by atoms with van der Waals surface area (Å²) in [4.78, 5) is 36.6. The highest BCUT2D eigenvalue weighted by Gasteiger charge is 2.18. The molecule has 37 heavy (non-hydrogen) atoms. The highest BCUT2D eigenvalue weighted by atomic mass is 16.4. The predicted octanol–water partition coefficient (Wildman–Crippen LogP) is 3.67. The minimum absolute atomic E-state index is 0.171. The number of fused-ring (bicyclic) bond motifs is 1. The standard InChI is InChI=1S/C27H24N6O4/c1-17-14-19(15-28)8-11-22(17)31-27(37)29-12-13-33-24(21-4-2-3-5-23(21)32-33)25(34)30-16-18-6-9-20(10-7-18)26(35)36/h2-11,14H,12-13,16H2,1H3,(H,30,34)(H,35,36)(H2,29,31,37). The Labute approximate surface area is 212 Å². The average Bonchev–Trinajstić information content (AvgIpc) is 3.27. The van der Waals surface area contributed by atoms with Gasteiger partial charge in [-0.3, -0.25) is 9.48 Å². The van der Waals surface area contributed by atoms with Crippen molar-refractivity contribution in [3.63, 3.8) is 0 Å². The fourth-order valence-corrected chi connectivity index (χ4v) is 3.83. The Hall–Kier alpha value is -5.17. The van der Waals surface area contributed by atoms with Crippen molar-refractivity contribution in [2.75, 3.05) is 11.9 Å². The van der Waals surface area contributed by atoms with E-state index in [9.17, 15) is 14.4 Å². The normalized spacial score (nSPS) is 10.5. The number of urea groups is 1. The first-order valence-electron chi connectivity index (χ1n) is 11.5. The van der Waals surface area contributed by atoms with Crippen LogP contribution in [0.1, 0.15) is 37.5 Å². The SMILES string of the molecule is Cc1cc(C#N)ccc1NC(=O)NCCn1nc2ccccc2c1C(=O)NCc1ccc(C(=O)O)cc1. The maximum Gasteiger partial charge on any atom is 0.335 e. The fourth-order valence-electron chi connectivity index (χ4n) is 3.83. The van der Waals surface area contributed by atoms with Crippen LogP contribution in [0.25, 0.3) is 10.9 Å². The molecule has 1 heterocycles. The molecule has 1 aromatic heterocycles. The zero-order valence-corrected chi connectivity index (χ0v) is 20.0. The molecule has 186 valence electrons. The van der Waals surface area contributed by atoms with E-state index in [-0.39, 0.29) is 31.1 Å². The lowest BCUT2D eigenvalue weighted by Crippen LogP contribution is -2.33. The van der Waals surface area contributed by atoms with E-state index in [2.05, 4.69) is 27.1 Å². The predicted molar refractivity (Wildman–Crippen MR) is 137 cm³/mol. The monoisotopic (exact) mass is 496 g/mol. The summed E-state index contributed by atoms with van der Waals surface area (Å²) >= 11 is 0. The van der Waals surface area contributed by atoms with Crippen LogP contribution in [0.2, 0.25) is 0 Å². The van der Waals surface area contributed by atoms with Crippen molar-refractivity contribution in [3.05, 3.63) is 94.7 Å². The van der Waals surface area contributed by atoms with Crippen molar-refractivity contribution >= 4 is 34.5 Å². The molecule has 0 saturated heterocycles. The van der Waals surface area contributed by atoms with E-state index in [0.29, 0.717) is 27.8 Å². The van der Waals surface area contributed by atoms with Gasteiger partial charge >= 0.3 is 12.0 Å². The minimum atomic E-state index is -1.01. The molecule has 0 saturated carbocycles. The number of rotatable bonds is 8. The Morgan fingerprint density at radius 3 is 2.49 bits per heavy atom. The number of hydrogen-bond donors (Lipinski definition) is 4. The van der Waals surface area contributed by atoms with Crippen molar-refractivity contribution in [2.45, 2.75) is 20.0 Å². The van der Waals surface area contributed by atoms with E-state index >= 15 is 0 Å². The third-order valence-corrected chi connectivity index (χ3v) is 5.73. The van der Waals surface area contributed by atoms with Gasteiger partial charge < -0.3 is 21.1 Å². The Bertz CT molecular complexity index is 1520. The quantitative estimate of drug-likeness (QED) is 0.292.